The monoisotopic (exact) mass is 190 g/mol. The van der Waals surface area contributed by atoms with Gasteiger partial charge in [0.05, 0.1) is 0 Å². The van der Waals surface area contributed by atoms with Gasteiger partial charge in [0.1, 0.15) is 0 Å². The zero-order chi connectivity index (χ0) is 10.9. The van der Waals surface area contributed by atoms with Gasteiger partial charge in [-0.15, -0.1) is 0 Å². The van der Waals surface area contributed by atoms with E-state index in [4.69, 9.17) is 5.11 Å². The molecule has 7 nitrogen and oxygen atoms in total. The van der Waals surface area contributed by atoms with Crippen LogP contribution >= 0.6 is 0 Å². The molecule has 0 unspecified atom stereocenters. The van der Waals surface area contributed by atoms with Crippen LogP contribution in [0.2, 0.25) is 0 Å². The SMILES string of the molecule is C=CC(=O)O.NC(=O)COC(N)=O. The fourth-order valence-electron chi connectivity index (χ4n) is 0.142. The first-order chi connectivity index (χ1) is 5.90. The first-order valence-electron chi connectivity index (χ1n) is 2.96. The molecule has 0 radical (unpaired) electrons. The van der Waals surface area contributed by atoms with Crippen LogP contribution in [0.1, 0.15) is 0 Å². The summed E-state index contributed by atoms with van der Waals surface area (Å²) in [4.78, 5) is 28.7. The van der Waals surface area contributed by atoms with Crippen LogP contribution in [0.4, 0.5) is 4.79 Å². The number of hydrogen-bond donors (Lipinski definition) is 3. The molecule has 0 aliphatic heterocycles. The van der Waals surface area contributed by atoms with Crippen LogP contribution in [-0.2, 0) is 14.3 Å². The lowest BCUT2D eigenvalue weighted by Crippen LogP contribution is -2.23. The summed E-state index contributed by atoms with van der Waals surface area (Å²) < 4.78 is 3.97. The van der Waals surface area contributed by atoms with Crippen molar-refractivity contribution in [2.24, 2.45) is 11.5 Å². The molecule has 0 fully saturated rings. The number of aliphatic carboxylic acids is 1. The van der Waals surface area contributed by atoms with E-state index in [2.05, 4.69) is 22.8 Å². The minimum atomic E-state index is -0.996. The summed E-state index contributed by atoms with van der Waals surface area (Å²) in [5, 5.41) is 7.60. The van der Waals surface area contributed by atoms with Gasteiger partial charge in [0.2, 0.25) is 0 Å². The highest BCUT2D eigenvalue weighted by Crippen LogP contribution is 1.68. The highest BCUT2D eigenvalue weighted by molar-refractivity contribution is 5.78. The predicted octanol–water partition coefficient (Wildman–Crippen LogP) is -1.18. The fourth-order valence-corrected chi connectivity index (χ4v) is 0.142. The van der Waals surface area contributed by atoms with Crippen molar-refractivity contribution in [1.29, 1.82) is 0 Å². The first kappa shape index (κ1) is 13.5. The number of ether oxygens (including phenoxy) is 1. The van der Waals surface area contributed by atoms with Gasteiger partial charge in [0, 0.05) is 6.08 Å². The maximum atomic E-state index is 9.79. The number of rotatable bonds is 3. The number of amides is 2. The van der Waals surface area contributed by atoms with Crippen molar-refractivity contribution in [1.82, 2.24) is 0 Å². The minimum absolute atomic E-state index is 0.449. The summed E-state index contributed by atoms with van der Waals surface area (Å²) in [6.07, 6.45) is -0.163. The van der Waals surface area contributed by atoms with Crippen molar-refractivity contribution in [3.8, 4) is 0 Å². The zero-order valence-corrected chi connectivity index (χ0v) is 6.73. The Bertz CT molecular complexity index is 199. The Morgan fingerprint density at radius 1 is 1.38 bits per heavy atom. The topological polar surface area (TPSA) is 133 Å². The van der Waals surface area contributed by atoms with E-state index >= 15 is 0 Å². The Labute approximate surface area is 74.0 Å². The smallest absolute Gasteiger partial charge is 0.405 e. The third kappa shape index (κ3) is 25.7. The molecule has 74 valence electrons. The minimum Gasteiger partial charge on any atom is -0.478 e. The van der Waals surface area contributed by atoms with Crippen LogP contribution in [-0.4, -0.2) is 29.7 Å². The molecule has 0 rings (SSSR count). The Kier molecular flexibility index (Phi) is 8.38. The zero-order valence-electron chi connectivity index (χ0n) is 6.73. The molecular formula is C6H10N2O5. The number of hydrogen-bond acceptors (Lipinski definition) is 4. The summed E-state index contributed by atoms with van der Waals surface area (Å²) >= 11 is 0. The second kappa shape index (κ2) is 8.05. The van der Waals surface area contributed by atoms with E-state index in [1.807, 2.05) is 0 Å². The molecule has 13 heavy (non-hydrogen) atoms. The van der Waals surface area contributed by atoms with E-state index in [0.29, 0.717) is 0 Å². The molecule has 5 N–H and O–H groups in total. The van der Waals surface area contributed by atoms with Crippen LogP contribution in [0, 0.1) is 0 Å². The lowest BCUT2D eigenvalue weighted by molar-refractivity contribution is -0.131. The highest BCUT2D eigenvalue weighted by Gasteiger charge is 1.95. The number of carboxylic acids is 1. The van der Waals surface area contributed by atoms with Gasteiger partial charge in [-0.05, 0) is 0 Å². The maximum absolute atomic E-state index is 9.79. The van der Waals surface area contributed by atoms with Gasteiger partial charge in [0.25, 0.3) is 5.91 Å². The molecular weight excluding hydrogens is 180 g/mol. The number of carboxylic acid groups (broad SMARTS) is 1. The van der Waals surface area contributed by atoms with Gasteiger partial charge in [-0.3, -0.25) is 4.79 Å². The van der Waals surface area contributed by atoms with Crippen molar-refractivity contribution in [3.05, 3.63) is 12.7 Å². The van der Waals surface area contributed by atoms with Gasteiger partial charge in [-0.1, -0.05) is 6.58 Å². The number of carbonyl (C=O) groups is 3. The van der Waals surface area contributed by atoms with E-state index in [0.717, 1.165) is 6.08 Å². The van der Waals surface area contributed by atoms with Crippen molar-refractivity contribution in [3.63, 3.8) is 0 Å². The lowest BCUT2D eigenvalue weighted by atomic mass is 10.7. The summed E-state index contributed by atoms with van der Waals surface area (Å²) in [5.74, 6) is -1.70. The summed E-state index contributed by atoms with van der Waals surface area (Å²) in [6.45, 7) is 2.51. The summed E-state index contributed by atoms with van der Waals surface area (Å²) in [7, 11) is 0. The van der Waals surface area contributed by atoms with E-state index in [1.165, 1.54) is 0 Å². The summed E-state index contributed by atoms with van der Waals surface area (Å²) in [5.41, 5.74) is 9.04. The molecule has 0 atom stereocenters. The maximum Gasteiger partial charge on any atom is 0.405 e. The largest absolute Gasteiger partial charge is 0.478 e. The third-order valence-corrected chi connectivity index (χ3v) is 0.531. The Morgan fingerprint density at radius 2 is 1.77 bits per heavy atom. The van der Waals surface area contributed by atoms with Gasteiger partial charge in [0.15, 0.2) is 6.61 Å². The highest BCUT2D eigenvalue weighted by atomic mass is 16.5. The quantitative estimate of drug-likeness (QED) is 0.482. The lowest BCUT2D eigenvalue weighted by Gasteiger charge is -1.92. The predicted molar refractivity (Wildman–Crippen MR) is 42.6 cm³/mol. The molecule has 0 aliphatic rings. The molecule has 0 aromatic carbocycles. The van der Waals surface area contributed by atoms with Crippen LogP contribution < -0.4 is 11.5 Å². The molecule has 7 heteroatoms. The van der Waals surface area contributed by atoms with Gasteiger partial charge in [-0.25, -0.2) is 9.59 Å². The van der Waals surface area contributed by atoms with Crippen LogP contribution in [0.5, 0.6) is 0 Å². The van der Waals surface area contributed by atoms with Gasteiger partial charge >= 0.3 is 12.1 Å². The molecule has 0 saturated carbocycles. The molecule has 0 aromatic rings. The third-order valence-electron chi connectivity index (χ3n) is 0.531. The van der Waals surface area contributed by atoms with E-state index in [-0.39, 0.29) is 0 Å². The van der Waals surface area contributed by atoms with E-state index < -0.39 is 24.6 Å². The normalized spacial score (nSPS) is 7.38. The first-order valence-corrected chi connectivity index (χ1v) is 2.96. The van der Waals surface area contributed by atoms with Crippen molar-refractivity contribution in [2.75, 3.05) is 6.61 Å². The molecule has 0 aromatic heterocycles. The molecule has 0 bridgehead atoms. The number of nitrogens with two attached hydrogens (primary N) is 2. The average Bonchev–Trinajstić information content (AvgIpc) is 2.02. The number of carbonyl (C=O) groups excluding carboxylic acids is 2. The van der Waals surface area contributed by atoms with E-state index in [9.17, 15) is 14.4 Å². The fraction of sp³-hybridized carbons (Fsp3) is 0.167. The second-order valence-electron chi connectivity index (χ2n) is 1.62. The Morgan fingerprint density at radius 3 is 1.85 bits per heavy atom. The van der Waals surface area contributed by atoms with Gasteiger partial charge < -0.3 is 21.3 Å². The number of primary amides is 2. The standard InChI is InChI=1S/C3H6N2O3.C3H4O2/c4-2(6)1-8-3(5)7;1-2-3(4)5/h1H2,(H2,4,6)(H2,5,7);2H,1H2,(H,4,5). The van der Waals surface area contributed by atoms with Crippen molar-refractivity contribution in [2.45, 2.75) is 0 Å². The summed E-state index contributed by atoms with van der Waals surface area (Å²) in [6, 6.07) is 0. The van der Waals surface area contributed by atoms with Crippen molar-refractivity contribution >= 4 is 18.0 Å². The average molecular weight is 190 g/mol. The molecule has 0 heterocycles. The van der Waals surface area contributed by atoms with Crippen LogP contribution in [0.3, 0.4) is 0 Å². The van der Waals surface area contributed by atoms with Gasteiger partial charge in [-0.2, -0.15) is 0 Å². The van der Waals surface area contributed by atoms with Crippen LogP contribution in [0.15, 0.2) is 12.7 Å². The van der Waals surface area contributed by atoms with Crippen molar-refractivity contribution < 1.29 is 24.2 Å². The second-order valence-corrected chi connectivity index (χ2v) is 1.62. The Balaban J connectivity index is 0. The molecule has 2 amide bonds. The van der Waals surface area contributed by atoms with E-state index in [1.54, 1.807) is 0 Å². The molecule has 0 spiro atoms. The molecule has 0 aliphatic carbocycles. The van der Waals surface area contributed by atoms with Crippen LogP contribution in [0.25, 0.3) is 0 Å². The molecule has 0 saturated heterocycles. The Hall–Kier alpha value is -2.05.